The molecular weight excluding hydrogens is 363 g/mol. The number of nitrogens with zero attached hydrogens (tertiary/aromatic N) is 3. The highest BCUT2D eigenvalue weighted by Crippen LogP contribution is 2.35. The molecular formula is C15H17ClF3N3O3. The van der Waals surface area contributed by atoms with Crippen LogP contribution in [-0.2, 0) is 15.8 Å². The van der Waals surface area contributed by atoms with Crippen molar-refractivity contribution < 1.29 is 27.9 Å². The number of aliphatic carboxylic acids is 1. The van der Waals surface area contributed by atoms with Gasteiger partial charge in [0, 0.05) is 26.3 Å². The van der Waals surface area contributed by atoms with E-state index < -0.39 is 23.8 Å². The van der Waals surface area contributed by atoms with Crippen LogP contribution in [0.5, 0.6) is 0 Å². The van der Waals surface area contributed by atoms with Crippen LogP contribution >= 0.6 is 11.6 Å². The molecule has 0 radical (unpaired) electrons. The second kappa shape index (κ2) is 7.47. The standard InChI is InChI=1S/C15H17ClF3N3O3/c1-21(6-4-12(23)24)14(25)11-3-2-5-22(11)13-10(16)7-9(8-20-13)15(17,18)19/h7-8,11H,2-6H2,1H3,(H,23,24)/t11-/m0/s1. The Labute approximate surface area is 147 Å². The Morgan fingerprint density at radius 3 is 2.72 bits per heavy atom. The zero-order chi connectivity index (χ0) is 18.8. The molecule has 1 saturated heterocycles. The van der Waals surface area contributed by atoms with E-state index in [2.05, 4.69) is 4.98 Å². The van der Waals surface area contributed by atoms with Gasteiger partial charge >= 0.3 is 12.1 Å². The molecule has 1 fully saturated rings. The lowest BCUT2D eigenvalue weighted by Crippen LogP contribution is -2.45. The van der Waals surface area contributed by atoms with Crippen molar-refractivity contribution in [2.75, 3.05) is 25.0 Å². The minimum Gasteiger partial charge on any atom is -0.481 e. The lowest BCUT2D eigenvalue weighted by molar-refractivity contribution is -0.139. The van der Waals surface area contributed by atoms with Crippen molar-refractivity contribution in [3.05, 3.63) is 22.8 Å². The summed E-state index contributed by atoms with van der Waals surface area (Å²) < 4.78 is 38.1. The van der Waals surface area contributed by atoms with Crippen LogP contribution in [-0.4, -0.2) is 53.0 Å². The Hall–Kier alpha value is -2.03. The number of carboxylic acids is 1. The van der Waals surface area contributed by atoms with Gasteiger partial charge in [-0.25, -0.2) is 4.98 Å². The topological polar surface area (TPSA) is 73.7 Å². The molecule has 1 amide bonds. The second-order valence-corrected chi connectivity index (χ2v) is 6.19. The molecule has 6 nitrogen and oxygen atoms in total. The van der Waals surface area contributed by atoms with E-state index >= 15 is 0 Å². The average molecular weight is 380 g/mol. The third-order valence-electron chi connectivity index (χ3n) is 4.00. The predicted molar refractivity (Wildman–Crippen MR) is 84.5 cm³/mol. The van der Waals surface area contributed by atoms with Crippen molar-refractivity contribution >= 4 is 29.3 Å². The molecule has 1 aliphatic heterocycles. The number of carbonyl (C=O) groups is 2. The van der Waals surface area contributed by atoms with Crippen molar-refractivity contribution in [2.45, 2.75) is 31.5 Å². The molecule has 2 rings (SSSR count). The number of alkyl halides is 3. The summed E-state index contributed by atoms with van der Waals surface area (Å²) in [6, 6.07) is 0.165. The summed E-state index contributed by atoms with van der Waals surface area (Å²) in [7, 11) is 1.49. The van der Waals surface area contributed by atoms with Crippen LogP contribution in [0.4, 0.5) is 19.0 Å². The van der Waals surface area contributed by atoms with Crippen LogP contribution in [0, 0.1) is 0 Å². The molecule has 138 valence electrons. The molecule has 10 heteroatoms. The van der Waals surface area contributed by atoms with E-state index in [1.54, 1.807) is 4.90 Å². The summed E-state index contributed by atoms with van der Waals surface area (Å²) in [5.74, 6) is -1.20. The summed E-state index contributed by atoms with van der Waals surface area (Å²) in [6.07, 6.45) is -2.90. The van der Waals surface area contributed by atoms with Gasteiger partial charge in [-0.15, -0.1) is 0 Å². The third kappa shape index (κ3) is 4.53. The lowest BCUT2D eigenvalue weighted by atomic mass is 10.2. The zero-order valence-corrected chi connectivity index (χ0v) is 14.1. The molecule has 2 heterocycles. The van der Waals surface area contributed by atoms with Gasteiger partial charge in [0.15, 0.2) is 0 Å². The van der Waals surface area contributed by atoms with Crippen LogP contribution in [0.1, 0.15) is 24.8 Å². The van der Waals surface area contributed by atoms with Crippen LogP contribution in [0.3, 0.4) is 0 Å². The minimum absolute atomic E-state index is 0.0483. The molecule has 25 heavy (non-hydrogen) atoms. The number of halogens is 4. The van der Waals surface area contributed by atoms with Gasteiger partial charge < -0.3 is 14.9 Å². The first-order valence-corrected chi connectivity index (χ1v) is 7.95. The molecule has 1 aliphatic rings. The number of anilines is 1. The molecule has 1 aromatic heterocycles. The molecule has 1 aromatic rings. The third-order valence-corrected chi connectivity index (χ3v) is 4.27. The molecule has 0 spiro atoms. The van der Waals surface area contributed by atoms with Gasteiger partial charge in [-0.2, -0.15) is 13.2 Å². The molecule has 1 N–H and O–H groups in total. The average Bonchev–Trinajstić information content (AvgIpc) is 3.00. The maximum absolute atomic E-state index is 12.7. The number of pyridine rings is 1. The van der Waals surface area contributed by atoms with Gasteiger partial charge in [-0.3, -0.25) is 9.59 Å². The fourth-order valence-corrected chi connectivity index (χ4v) is 2.98. The summed E-state index contributed by atoms with van der Waals surface area (Å²) in [4.78, 5) is 29.8. The van der Waals surface area contributed by atoms with E-state index in [1.165, 1.54) is 11.9 Å². The highest BCUT2D eigenvalue weighted by molar-refractivity contribution is 6.33. The van der Waals surface area contributed by atoms with Crippen LogP contribution in [0.25, 0.3) is 0 Å². The maximum Gasteiger partial charge on any atom is 0.417 e. The van der Waals surface area contributed by atoms with Gasteiger partial charge in [-0.05, 0) is 18.9 Å². The smallest absolute Gasteiger partial charge is 0.417 e. The molecule has 0 unspecified atom stereocenters. The fraction of sp³-hybridized carbons (Fsp3) is 0.533. The number of carbonyl (C=O) groups excluding carboxylic acids is 1. The van der Waals surface area contributed by atoms with Crippen molar-refractivity contribution in [2.24, 2.45) is 0 Å². The molecule has 0 aliphatic carbocycles. The SMILES string of the molecule is CN(CCC(=O)O)C(=O)[C@@H]1CCCN1c1ncc(C(F)(F)F)cc1Cl. The Balaban J connectivity index is 2.18. The van der Waals surface area contributed by atoms with Gasteiger partial charge in [0.1, 0.15) is 11.9 Å². The van der Waals surface area contributed by atoms with Crippen molar-refractivity contribution in [1.29, 1.82) is 0 Å². The quantitative estimate of drug-likeness (QED) is 0.851. The fourth-order valence-electron chi connectivity index (χ4n) is 2.70. The van der Waals surface area contributed by atoms with Crippen LogP contribution in [0.15, 0.2) is 12.3 Å². The van der Waals surface area contributed by atoms with Crippen LogP contribution < -0.4 is 4.90 Å². The molecule has 0 saturated carbocycles. The number of carboxylic acid groups (broad SMARTS) is 1. The summed E-state index contributed by atoms with van der Waals surface area (Å²) in [5.41, 5.74) is -0.957. The first-order chi connectivity index (χ1) is 11.6. The van der Waals surface area contributed by atoms with Gasteiger partial charge in [0.25, 0.3) is 0 Å². The van der Waals surface area contributed by atoms with Crippen molar-refractivity contribution in [3.63, 3.8) is 0 Å². The Morgan fingerprint density at radius 2 is 2.16 bits per heavy atom. The highest BCUT2D eigenvalue weighted by Gasteiger charge is 2.36. The number of rotatable bonds is 5. The molecule has 0 bridgehead atoms. The molecule has 0 aromatic carbocycles. The zero-order valence-electron chi connectivity index (χ0n) is 13.4. The summed E-state index contributed by atoms with van der Waals surface area (Å²) in [5, 5.41) is 8.52. The van der Waals surface area contributed by atoms with E-state index in [0.717, 1.165) is 6.07 Å². The van der Waals surface area contributed by atoms with Crippen molar-refractivity contribution in [1.82, 2.24) is 9.88 Å². The lowest BCUT2D eigenvalue weighted by Gasteiger charge is -2.29. The Kier molecular flexibility index (Phi) is 5.76. The van der Waals surface area contributed by atoms with Gasteiger partial charge in [0.2, 0.25) is 5.91 Å². The summed E-state index contributed by atoms with van der Waals surface area (Å²) >= 11 is 5.96. The molecule has 1 atom stereocenters. The Bertz CT molecular complexity index is 669. The number of likely N-dealkylation sites (N-methyl/N-ethyl adjacent to an activating group) is 1. The second-order valence-electron chi connectivity index (χ2n) is 5.78. The normalized spacial score (nSPS) is 17.6. The first-order valence-electron chi connectivity index (χ1n) is 7.57. The number of aromatic nitrogens is 1. The van der Waals surface area contributed by atoms with E-state index in [0.29, 0.717) is 25.6 Å². The van der Waals surface area contributed by atoms with E-state index in [4.69, 9.17) is 16.7 Å². The summed E-state index contributed by atoms with van der Waals surface area (Å²) in [6.45, 7) is 0.480. The van der Waals surface area contributed by atoms with E-state index in [-0.39, 0.29) is 29.7 Å². The highest BCUT2D eigenvalue weighted by atomic mass is 35.5. The van der Waals surface area contributed by atoms with Gasteiger partial charge in [0.05, 0.1) is 17.0 Å². The predicted octanol–water partition coefficient (Wildman–Crippen LogP) is 2.66. The monoisotopic (exact) mass is 379 g/mol. The van der Waals surface area contributed by atoms with Gasteiger partial charge in [-0.1, -0.05) is 11.6 Å². The maximum atomic E-state index is 12.7. The largest absolute Gasteiger partial charge is 0.481 e. The first kappa shape index (κ1) is 19.3. The van der Waals surface area contributed by atoms with Crippen LogP contribution in [0.2, 0.25) is 5.02 Å². The minimum atomic E-state index is -4.55. The number of hydrogen-bond acceptors (Lipinski definition) is 4. The van der Waals surface area contributed by atoms with E-state index in [1.807, 2.05) is 0 Å². The van der Waals surface area contributed by atoms with E-state index in [9.17, 15) is 22.8 Å². The number of amides is 1. The Morgan fingerprint density at radius 1 is 1.48 bits per heavy atom. The number of hydrogen-bond donors (Lipinski definition) is 1. The van der Waals surface area contributed by atoms with Crippen molar-refractivity contribution in [3.8, 4) is 0 Å².